The summed E-state index contributed by atoms with van der Waals surface area (Å²) in [6, 6.07) is 8.87. The number of hydrogen-bond acceptors (Lipinski definition) is 2. The van der Waals surface area contributed by atoms with Crippen LogP contribution in [-0.4, -0.2) is 15.6 Å². The van der Waals surface area contributed by atoms with Gasteiger partial charge in [-0.3, -0.25) is 0 Å². The normalized spacial score (nSPS) is 18.7. The fraction of sp³-hybridized carbons (Fsp3) is 0.400. The standard InChI is InChI=1S/C15H19N3/c1-10-3-5-12(6-4-10)15-17-11(2)14-9-13(16)7-8-18(14)15/h3-6,13H,7-9,16H2,1-2H3. The quantitative estimate of drug-likeness (QED) is 0.833. The third kappa shape index (κ3) is 1.85. The van der Waals surface area contributed by atoms with Gasteiger partial charge >= 0.3 is 0 Å². The summed E-state index contributed by atoms with van der Waals surface area (Å²) in [6.45, 7) is 5.18. The number of benzene rings is 1. The topological polar surface area (TPSA) is 43.8 Å². The van der Waals surface area contributed by atoms with Crippen molar-refractivity contribution < 1.29 is 0 Å². The van der Waals surface area contributed by atoms with Crippen molar-refractivity contribution in [3.63, 3.8) is 0 Å². The smallest absolute Gasteiger partial charge is 0.140 e. The van der Waals surface area contributed by atoms with Crippen LogP contribution in [0.25, 0.3) is 11.4 Å². The second kappa shape index (κ2) is 4.25. The molecule has 3 nitrogen and oxygen atoms in total. The molecular formula is C15H19N3. The van der Waals surface area contributed by atoms with E-state index in [4.69, 9.17) is 10.7 Å². The Morgan fingerprint density at radius 1 is 1.22 bits per heavy atom. The van der Waals surface area contributed by atoms with Crippen LogP contribution in [0.5, 0.6) is 0 Å². The van der Waals surface area contributed by atoms with Crippen LogP contribution in [0, 0.1) is 13.8 Å². The van der Waals surface area contributed by atoms with Crippen molar-refractivity contribution in [2.75, 3.05) is 0 Å². The van der Waals surface area contributed by atoms with Crippen LogP contribution >= 0.6 is 0 Å². The molecule has 0 spiro atoms. The summed E-state index contributed by atoms with van der Waals surface area (Å²) < 4.78 is 2.34. The van der Waals surface area contributed by atoms with Gasteiger partial charge < -0.3 is 10.3 Å². The van der Waals surface area contributed by atoms with Gasteiger partial charge in [0.25, 0.3) is 0 Å². The average molecular weight is 241 g/mol. The van der Waals surface area contributed by atoms with Crippen LogP contribution < -0.4 is 5.73 Å². The maximum Gasteiger partial charge on any atom is 0.140 e. The molecule has 1 atom stereocenters. The van der Waals surface area contributed by atoms with Crippen LogP contribution in [0.15, 0.2) is 24.3 Å². The number of nitrogens with two attached hydrogens (primary N) is 1. The van der Waals surface area contributed by atoms with Gasteiger partial charge in [-0.05, 0) is 20.3 Å². The minimum Gasteiger partial charge on any atom is -0.328 e. The summed E-state index contributed by atoms with van der Waals surface area (Å²) in [4.78, 5) is 4.73. The van der Waals surface area contributed by atoms with Crippen molar-refractivity contribution in [1.29, 1.82) is 0 Å². The number of hydrogen-bond donors (Lipinski definition) is 1. The van der Waals surface area contributed by atoms with E-state index >= 15 is 0 Å². The lowest BCUT2D eigenvalue weighted by atomic mass is 10.0. The van der Waals surface area contributed by atoms with E-state index in [0.29, 0.717) is 6.04 Å². The molecule has 0 fully saturated rings. The van der Waals surface area contributed by atoms with E-state index in [0.717, 1.165) is 30.9 Å². The van der Waals surface area contributed by atoms with Crippen LogP contribution in [0.3, 0.4) is 0 Å². The van der Waals surface area contributed by atoms with Gasteiger partial charge in [0.15, 0.2) is 0 Å². The molecule has 0 aliphatic carbocycles. The summed E-state index contributed by atoms with van der Waals surface area (Å²) in [7, 11) is 0. The van der Waals surface area contributed by atoms with E-state index in [9.17, 15) is 0 Å². The summed E-state index contributed by atoms with van der Waals surface area (Å²) >= 11 is 0. The Morgan fingerprint density at radius 2 is 1.94 bits per heavy atom. The Bertz CT molecular complexity index is 566. The maximum absolute atomic E-state index is 6.05. The van der Waals surface area contributed by atoms with E-state index < -0.39 is 0 Å². The number of aryl methyl sites for hydroxylation is 2. The molecule has 2 aromatic rings. The van der Waals surface area contributed by atoms with Crippen molar-refractivity contribution in [3.8, 4) is 11.4 Å². The van der Waals surface area contributed by atoms with Gasteiger partial charge in [0.2, 0.25) is 0 Å². The van der Waals surface area contributed by atoms with E-state index in [2.05, 4.69) is 42.7 Å². The van der Waals surface area contributed by atoms with Crippen LogP contribution in [0.2, 0.25) is 0 Å². The van der Waals surface area contributed by atoms with Crippen molar-refractivity contribution >= 4 is 0 Å². The molecule has 2 heterocycles. The Kier molecular flexibility index (Phi) is 2.71. The van der Waals surface area contributed by atoms with Gasteiger partial charge in [-0.15, -0.1) is 0 Å². The first-order valence-corrected chi connectivity index (χ1v) is 6.54. The molecule has 3 heteroatoms. The molecule has 2 N–H and O–H groups in total. The predicted octanol–water partition coefficient (Wildman–Crippen LogP) is 2.44. The van der Waals surface area contributed by atoms with Crippen LogP contribution in [-0.2, 0) is 13.0 Å². The average Bonchev–Trinajstić information content (AvgIpc) is 2.68. The van der Waals surface area contributed by atoms with Gasteiger partial charge in [-0.2, -0.15) is 0 Å². The molecule has 18 heavy (non-hydrogen) atoms. The molecule has 0 saturated heterocycles. The number of imidazole rings is 1. The minimum absolute atomic E-state index is 0.291. The van der Waals surface area contributed by atoms with E-state index in [-0.39, 0.29) is 0 Å². The van der Waals surface area contributed by atoms with Crippen molar-refractivity contribution in [3.05, 3.63) is 41.2 Å². The zero-order chi connectivity index (χ0) is 12.7. The second-order valence-electron chi connectivity index (χ2n) is 5.24. The zero-order valence-corrected chi connectivity index (χ0v) is 11.0. The lowest BCUT2D eigenvalue weighted by molar-refractivity contribution is 0.473. The molecular weight excluding hydrogens is 222 g/mol. The number of rotatable bonds is 1. The molecule has 0 bridgehead atoms. The Morgan fingerprint density at radius 3 is 2.67 bits per heavy atom. The lowest BCUT2D eigenvalue weighted by Gasteiger charge is -2.22. The molecule has 3 rings (SSSR count). The van der Waals surface area contributed by atoms with Gasteiger partial charge in [-0.1, -0.05) is 29.8 Å². The van der Waals surface area contributed by atoms with Gasteiger partial charge in [0.1, 0.15) is 5.82 Å². The molecule has 0 amide bonds. The van der Waals surface area contributed by atoms with Crippen molar-refractivity contribution in [2.45, 2.75) is 39.3 Å². The van der Waals surface area contributed by atoms with Crippen molar-refractivity contribution in [2.24, 2.45) is 5.73 Å². The van der Waals surface area contributed by atoms with Crippen molar-refractivity contribution in [1.82, 2.24) is 9.55 Å². The third-order valence-electron chi connectivity index (χ3n) is 3.76. The molecule has 1 aliphatic rings. The second-order valence-corrected chi connectivity index (χ2v) is 5.24. The van der Waals surface area contributed by atoms with E-state index in [1.54, 1.807) is 0 Å². The molecule has 1 aliphatic heterocycles. The van der Waals surface area contributed by atoms with Gasteiger partial charge in [0, 0.05) is 30.3 Å². The summed E-state index contributed by atoms with van der Waals surface area (Å²) in [5.41, 5.74) is 11.0. The van der Waals surface area contributed by atoms with Gasteiger partial charge in [0.05, 0.1) is 5.69 Å². The molecule has 1 aromatic heterocycles. The SMILES string of the molecule is Cc1ccc(-c2nc(C)c3n2CCC(N)C3)cc1. The first-order chi connectivity index (χ1) is 8.65. The number of aromatic nitrogens is 2. The first-order valence-electron chi connectivity index (χ1n) is 6.54. The van der Waals surface area contributed by atoms with E-state index in [1.165, 1.54) is 16.8 Å². The third-order valence-corrected chi connectivity index (χ3v) is 3.76. The highest BCUT2D eigenvalue weighted by molar-refractivity contribution is 5.57. The number of fused-ring (bicyclic) bond motifs is 1. The van der Waals surface area contributed by atoms with Gasteiger partial charge in [-0.25, -0.2) is 4.98 Å². The fourth-order valence-electron chi connectivity index (χ4n) is 2.67. The summed E-state index contributed by atoms with van der Waals surface area (Å²) in [5, 5.41) is 0. The molecule has 1 aromatic carbocycles. The lowest BCUT2D eigenvalue weighted by Crippen LogP contribution is -2.31. The highest BCUT2D eigenvalue weighted by atomic mass is 15.1. The molecule has 94 valence electrons. The largest absolute Gasteiger partial charge is 0.328 e. The highest BCUT2D eigenvalue weighted by Crippen LogP contribution is 2.26. The maximum atomic E-state index is 6.05. The summed E-state index contributed by atoms with van der Waals surface area (Å²) in [5.74, 6) is 1.09. The van der Waals surface area contributed by atoms with E-state index in [1.807, 2.05) is 0 Å². The van der Waals surface area contributed by atoms with Crippen LogP contribution in [0.1, 0.15) is 23.4 Å². The Hall–Kier alpha value is -1.61. The first kappa shape index (κ1) is 11.5. The monoisotopic (exact) mass is 241 g/mol. The molecule has 0 saturated carbocycles. The summed E-state index contributed by atoms with van der Waals surface area (Å²) in [6.07, 6.45) is 1.99. The Labute approximate surface area is 108 Å². The minimum atomic E-state index is 0.291. The number of nitrogens with zero attached hydrogens (tertiary/aromatic N) is 2. The predicted molar refractivity (Wildman–Crippen MR) is 73.4 cm³/mol. The highest BCUT2D eigenvalue weighted by Gasteiger charge is 2.22. The fourth-order valence-corrected chi connectivity index (χ4v) is 2.67. The van der Waals surface area contributed by atoms with Crippen LogP contribution in [0.4, 0.5) is 0 Å². The Balaban J connectivity index is 2.08. The molecule has 1 unspecified atom stereocenters. The molecule has 0 radical (unpaired) electrons. The zero-order valence-electron chi connectivity index (χ0n) is 11.0.